The standard InChI is InChI=1S/C44H37N3/c1-2-3-4-5-6-7-8-11-18-33-25-30-39-38-23-16-17-24-41(38)47(42(39)31-33)43-32-40(36-21-14-10-15-22-36)45-44(46-43)37-28-26-35(27-29-37)34-19-12-9-13-20-34/h2-17,19,21-32,34H,18,20H2,1H3/b3-2-,5-4-,7-6+,11-8-. The lowest BCUT2D eigenvalue weighted by Gasteiger charge is -2.15. The topological polar surface area (TPSA) is 30.7 Å². The Labute approximate surface area is 277 Å². The number of allylic oxidation sites excluding steroid dienone is 12. The van der Waals surface area contributed by atoms with E-state index in [4.69, 9.17) is 9.97 Å². The minimum atomic E-state index is 0.402. The lowest BCUT2D eigenvalue weighted by Crippen LogP contribution is -2.03. The molecule has 0 radical (unpaired) electrons. The van der Waals surface area contributed by atoms with E-state index in [0.29, 0.717) is 11.7 Å². The summed E-state index contributed by atoms with van der Waals surface area (Å²) in [6.07, 6.45) is 27.1. The van der Waals surface area contributed by atoms with Gasteiger partial charge in [0.15, 0.2) is 5.82 Å². The summed E-state index contributed by atoms with van der Waals surface area (Å²) < 4.78 is 2.30. The Morgan fingerprint density at radius 2 is 1.45 bits per heavy atom. The monoisotopic (exact) mass is 607 g/mol. The molecule has 1 atom stereocenters. The van der Waals surface area contributed by atoms with Crippen LogP contribution in [-0.2, 0) is 6.42 Å². The van der Waals surface area contributed by atoms with E-state index in [2.05, 4.69) is 144 Å². The van der Waals surface area contributed by atoms with Crippen LogP contribution >= 0.6 is 0 Å². The van der Waals surface area contributed by atoms with E-state index < -0.39 is 0 Å². The second-order valence-electron chi connectivity index (χ2n) is 11.7. The summed E-state index contributed by atoms with van der Waals surface area (Å²) in [6, 6.07) is 36.7. The highest BCUT2D eigenvalue weighted by atomic mass is 15.1. The van der Waals surface area contributed by atoms with Gasteiger partial charge in [-0.15, -0.1) is 0 Å². The van der Waals surface area contributed by atoms with E-state index >= 15 is 0 Å². The first-order valence-corrected chi connectivity index (χ1v) is 16.3. The second kappa shape index (κ2) is 14.1. The van der Waals surface area contributed by atoms with Crippen molar-refractivity contribution in [2.24, 2.45) is 0 Å². The van der Waals surface area contributed by atoms with Gasteiger partial charge in [0.25, 0.3) is 0 Å². The maximum absolute atomic E-state index is 5.25. The molecule has 0 saturated heterocycles. The molecule has 1 aliphatic rings. The zero-order chi connectivity index (χ0) is 31.8. The second-order valence-corrected chi connectivity index (χ2v) is 11.7. The van der Waals surface area contributed by atoms with Gasteiger partial charge in [0.2, 0.25) is 0 Å². The highest BCUT2D eigenvalue weighted by Crippen LogP contribution is 2.34. The van der Waals surface area contributed by atoms with Gasteiger partial charge in [0, 0.05) is 33.9 Å². The molecule has 2 aromatic heterocycles. The molecular weight excluding hydrogens is 571 g/mol. The van der Waals surface area contributed by atoms with E-state index in [-0.39, 0.29) is 0 Å². The molecule has 0 amide bonds. The molecule has 47 heavy (non-hydrogen) atoms. The lowest BCUT2D eigenvalue weighted by molar-refractivity contribution is 0.854. The van der Waals surface area contributed by atoms with Gasteiger partial charge >= 0.3 is 0 Å². The summed E-state index contributed by atoms with van der Waals surface area (Å²) in [4.78, 5) is 10.4. The van der Waals surface area contributed by atoms with Crippen molar-refractivity contribution in [2.75, 3.05) is 0 Å². The van der Waals surface area contributed by atoms with Crippen molar-refractivity contribution >= 4 is 21.8 Å². The first-order chi connectivity index (χ1) is 23.3. The first-order valence-electron chi connectivity index (χ1n) is 16.3. The maximum atomic E-state index is 5.25. The van der Waals surface area contributed by atoms with Gasteiger partial charge in [0.1, 0.15) is 5.82 Å². The molecular formula is C44H37N3. The summed E-state index contributed by atoms with van der Waals surface area (Å²) in [7, 11) is 0. The van der Waals surface area contributed by atoms with Gasteiger partial charge in [-0.05, 0) is 43.0 Å². The summed E-state index contributed by atoms with van der Waals surface area (Å²) in [5.74, 6) is 1.97. The van der Waals surface area contributed by atoms with E-state index in [0.717, 1.165) is 46.5 Å². The summed E-state index contributed by atoms with van der Waals surface area (Å²) in [5.41, 5.74) is 7.78. The summed E-state index contributed by atoms with van der Waals surface area (Å²) in [5, 5.41) is 2.42. The van der Waals surface area contributed by atoms with Crippen molar-refractivity contribution < 1.29 is 0 Å². The maximum Gasteiger partial charge on any atom is 0.162 e. The number of fused-ring (bicyclic) bond motifs is 3. The number of rotatable bonds is 9. The smallest absolute Gasteiger partial charge is 0.162 e. The third-order valence-corrected chi connectivity index (χ3v) is 8.56. The van der Waals surface area contributed by atoms with Crippen LogP contribution in [0.3, 0.4) is 0 Å². The Bertz CT molecular complexity index is 2190. The predicted molar refractivity (Wildman–Crippen MR) is 199 cm³/mol. The van der Waals surface area contributed by atoms with Gasteiger partial charge < -0.3 is 0 Å². The molecule has 6 aromatic rings. The quantitative estimate of drug-likeness (QED) is 0.153. The fourth-order valence-electron chi connectivity index (χ4n) is 6.18. The number of nitrogens with zero attached hydrogens (tertiary/aromatic N) is 3. The molecule has 0 fully saturated rings. The SMILES string of the molecule is C\C=C/C=C\C=C\C=C/Cc1ccc2c3ccccc3n(-c3cc(-c4ccccc4)nc(-c4ccc(C5C=CC=CC5)cc4)n3)c2c1. The van der Waals surface area contributed by atoms with Crippen molar-refractivity contribution in [3.63, 3.8) is 0 Å². The number of para-hydroxylation sites is 1. The molecule has 0 N–H and O–H groups in total. The zero-order valence-corrected chi connectivity index (χ0v) is 26.6. The molecule has 0 spiro atoms. The Morgan fingerprint density at radius 3 is 2.26 bits per heavy atom. The molecule has 0 saturated carbocycles. The zero-order valence-electron chi connectivity index (χ0n) is 26.6. The normalized spacial score (nSPS) is 15.0. The Hall–Kier alpha value is -5.80. The third-order valence-electron chi connectivity index (χ3n) is 8.56. The highest BCUT2D eigenvalue weighted by Gasteiger charge is 2.17. The van der Waals surface area contributed by atoms with Crippen molar-refractivity contribution in [1.82, 2.24) is 14.5 Å². The van der Waals surface area contributed by atoms with Crippen LogP contribution in [0.25, 0.3) is 50.3 Å². The van der Waals surface area contributed by atoms with E-state index in [1.807, 2.05) is 43.4 Å². The van der Waals surface area contributed by atoms with Crippen molar-refractivity contribution in [3.8, 4) is 28.5 Å². The molecule has 228 valence electrons. The Balaban J connectivity index is 1.32. The van der Waals surface area contributed by atoms with Gasteiger partial charge in [-0.3, -0.25) is 4.57 Å². The lowest BCUT2D eigenvalue weighted by atomic mass is 9.92. The molecule has 3 heteroatoms. The van der Waals surface area contributed by atoms with Crippen LogP contribution < -0.4 is 0 Å². The minimum Gasteiger partial charge on any atom is -0.294 e. The molecule has 2 heterocycles. The Morgan fingerprint density at radius 1 is 0.681 bits per heavy atom. The van der Waals surface area contributed by atoms with Gasteiger partial charge in [0.05, 0.1) is 16.7 Å². The van der Waals surface area contributed by atoms with Gasteiger partial charge in [-0.1, -0.05) is 158 Å². The number of hydrogen-bond acceptors (Lipinski definition) is 2. The van der Waals surface area contributed by atoms with Crippen molar-refractivity contribution in [1.29, 1.82) is 0 Å². The molecule has 0 bridgehead atoms. The highest BCUT2D eigenvalue weighted by molar-refractivity contribution is 6.09. The number of benzene rings is 4. The fourth-order valence-corrected chi connectivity index (χ4v) is 6.18. The van der Waals surface area contributed by atoms with Gasteiger partial charge in [-0.25, -0.2) is 9.97 Å². The van der Waals surface area contributed by atoms with Crippen LogP contribution in [0.15, 0.2) is 176 Å². The minimum absolute atomic E-state index is 0.402. The Kier molecular flexibility index (Phi) is 8.96. The van der Waals surface area contributed by atoms with Crippen molar-refractivity contribution in [3.05, 3.63) is 187 Å². The predicted octanol–water partition coefficient (Wildman–Crippen LogP) is 11.3. The molecule has 1 unspecified atom stereocenters. The van der Waals surface area contributed by atoms with E-state index in [1.165, 1.54) is 21.9 Å². The van der Waals surface area contributed by atoms with Crippen molar-refractivity contribution in [2.45, 2.75) is 25.7 Å². The molecule has 0 aliphatic heterocycles. The number of aromatic nitrogens is 3. The average molecular weight is 608 g/mol. The number of hydrogen-bond donors (Lipinski definition) is 0. The van der Waals surface area contributed by atoms with Gasteiger partial charge in [-0.2, -0.15) is 0 Å². The van der Waals surface area contributed by atoms with E-state index in [9.17, 15) is 0 Å². The van der Waals surface area contributed by atoms with Crippen LogP contribution in [0.2, 0.25) is 0 Å². The van der Waals surface area contributed by atoms with Crippen LogP contribution in [0.4, 0.5) is 0 Å². The van der Waals surface area contributed by atoms with Crippen LogP contribution in [0, 0.1) is 0 Å². The van der Waals surface area contributed by atoms with E-state index in [1.54, 1.807) is 0 Å². The largest absolute Gasteiger partial charge is 0.294 e. The molecule has 4 aromatic carbocycles. The summed E-state index contributed by atoms with van der Waals surface area (Å²) in [6.45, 7) is 2.02. The molecule has 1 aliphatic carbocycles. The van der Waals surface area contributed by atoms with Crippen LogP contribution in [-0.4, -0.2) is 14.5 Å². The fraction of sp³-hybridized carbons (Fsp3) is 0.0909. The molecule has 3 nitrogen and oxygen atoms in total. The summed E-state index contributed by atoms with van der Waals surface area (Å²) >= 11 is 0. The third kappa shape index (κ3) is 6.61. The average Bonchev–Trinajstić information content (AvgIpc) is 3.47. The first kappa shape index (κ1) is 29.9. The van der Waals surface area contributed by atoms with Crippen LogP contribution in [0.1, 0.15) is 30.4 Å². The van der Waals surface area contributed by atoms with Crippen LogP contribution in [0.5, 0.6) is 0 Å². The molecule has 7 rings (SSSR count).